The third-order valence-corrected chi connectivity index (χ3v) is 2.86. The van der Waals surface area contributed by atoms with Crippen molar-refractivity contribution in [3.63, 3.8) is 0 Å². The number of ether oxygens (including phenoxy) is 1. The van der Waals surface area contributed by atoms with E-state index in [0.717, 1.165) is 19.7 Å². The Kier molecular flexibility index (Phi) is 4.34. The molecule has 0 saturated carbocycles. The molecule has 3 heteroatoms. The van der Waals surface area contributed by atoms with Gasteiger partial charge < -0.3 is 15.4 Å². The first kappa shape index (κ1) is 11.6. The molecule has 0 bridgehead atoms. The molecule has 1 aliphatic heterocycles. The molecule has 1 aromatic carbocycles. The second kappa shape index (κ2) is 5.99. The van der Waals surface area contributed by atoms with Crippen molar-refractivity contribution >= 4 is 0 Å². The van der Waals surface area contributed by atoms with E-state index in [-0.39, 0.29) is 0 Å². The first-order chi connectivity index (χ1) is 7.84. The van der Waals surface area contributed by atoms with Gasteiger partial charge in [-0.2, -0.15) is 0 Å². The van der Waals surface area contributed by atoms with E-state index in [1.807, 2.05) is 18.2 Å². The van der Waals surface area contributed by atoms with E-state index in [1.165, 1.54) is 5.56 Å². The van der Waals surface area contributed by atoms with Crippen LogP contribution < -0.4 is 10.6 Å². The van der Waals surface area contributed by atoms with Crippen LogP contribution in [-0.2, 0) is 11.3 Å². The Morgan fingerprint density at radius 1 is 1.19 bits per heavy atom. The van der Waals surface area contributed by atoms with Crippen LogP contribution in [0.15, 0.2) is 30.3 Å². The molecule has 3 nitrogen and oxygen atoms in total. The zero-order chi connectivity index (χ0) is 11.2. The van der Waals surface area contributed by atoms with Crippen molar-refractivity contribution in [2.75, 3.05) is 19.7 Å². The fourth-order valence-corrected chi connectivity index (χ4v) is 1.84. The highest BCUT2D eigenvalue weighted by Gasteiger charge is 2.16. The average Bonchev–Trinajstić information content (AvgIpc) is 2.33. The lowest BCUT2D eigenvalue weighted by Crippen LogP contribution is -2.54. The molecule has 1 aromatic rings. The summed E-state index contributed by atoms with van der Waals surface area (Å²) in [7, 11) is 0. The molecule has 0 aromatic heterocycles. The van der Waals surface area contributed by atoms with Crippen LogP contribution in [0.1, 0.15) is 12.5 Å². The van der Waals surface area contributed by atoms with Crippen LogP contribution in [0.4, 0.5) is 0 Å². The van der Waals surface area contributed by atoms with Crippen LogP contribution in [0, 0.1) is 0 Å². The van der Waals surface area contributed by atoms with E-state index < -0.39 is 0 Å². The lowest BCUT2D eigenvalue weighted by Gasteiger charge is -2.28. The standard InChI is InChI=1S/C13H20N2O/c1-11-7-15-13(8-14-11)10-16-9-12-5-3-2-4-6-12/h2-6,11,13-15H,7-10H2,1H3. The van der Waals surface area contributed by atoms with Gasteiger partial charge in [-0.15, -0.1) is 0 Å². The third kappa shape index (κ3) is 3.59. The van der Waals surface area contributed by atoms with Gasteiger partial charge in [0.25, 0.3) is 0 Å². The maximum absolute atomic E-state index is 5.69. The predicted molar refractivity (Wildman–Crippen MR) is 65.4 cm³/mol. The van der Waals surface area contributed by atoms with Crippen LogP contribution >= 0.6 is 0 Å². The number of piperazine rings is 1. The molecular weight excluding hydrogens is 200 g/mol. The predicted octanol–water partition coefficient (Wildman–Crippen LogP) is 1.15. The van der Waals surface area contributed by atoms with Crippen molar-refractivity contribution in [3.05, 3.63) is 35.9 Å². The zero-order valence-electron chi connectivity index (χ0n) is 9.78. The Morgan fingerprint density at radius 3 is 2.69 bits per heavy atom. The van der Waals surface area contributed by atoms with E-state index in [1.54, 1.807) is 0 Å². The van der Waals surface area contributed by atoms with Gasteiger partial charge in [0.2, 0.25) is 0 Å². The van der Waals surface area contributed by atoms with Crippen molar-refractivity contribution < 1.29 is 4.74 Å². The molecule has 1 aliphatic rings. The largest absolute Gasteiger partial charge is 0.375 e. The molecule has 0 radical (unpaired) electrons. The third-order valence-electron chi connectivity index (χ3n) is 2.86. The summed E-state index contributed by atoms with van der Waals surface area (Å²) in [5.74, 6) is 0. The summed E-state index contributed by atoms with van der Waals surface area (Å²) in [6, 6.07) is 11.3. The maximum Gasteiger partial charge on any atom is 0.0717 e. The molecular formula is C13H20N2O. The second-order valence-electron chi connectivity index (χ2n) is 4.42. The van der Waals surface area contributed by atoms with E-state index in [9.17, 15) is 0 Å². The lowest BCUT2D eigenvalue weighted by molar-refractivity contribution is 0.0915. The van der Waals surface area contributed by atoms with Crippen LogP contribution in [0.2, 0.25) is 0 Å². The van der Waals surface area contributed by atoms with Gasteiger partial charge in [-0.05, 0) is 12.5 Å². The van der Waals surface area contributed by atoms with Crippen molar-refractivity contribution in [3.8, 4) is 0 Å². The van der Waals surface area contributed by atoms with Crippen molar-refractivity contribution in [2.45, 2.75) is 25.6 Å². The summed E-state index contributed by atoms with van der Waals surface area (Å²) in [5.41, 5.74) is 1.24. The van der Waals surface area contributed by atoms with Gasteiger partial charge >= 0.3 is 0 Å². The fourth-order valence-electron chi connectivity index (χ4n) is 1.84. The van der Waals surface area contributed by atoms with Gasteiger partial charge in [0, 0.05) is 25.2 Å². The number of benzene rings is 1. The number of rotatable bonds is 4. The zero-order valence-corrected chi connectivity index (χ0v) is 9.78. The average molecular weight is 220 g/mol. The topological polar surface area (TPSA) is 33.3 Å². The SMILES string of the molecule is CC1CNC(COCc2ccccc2)CN1. The van der Waals surface area contributed by atoms with Gasteiger partial charge in [-0.1, -0.05) is 30.3 Å². The number of hydrogen-bond donors (Lipinski definition) is 2. The molecule has 2 N–H and O–H groups in total. The van der Waals surface area contributed by atoms with E-state index >= 15 is 0 Å². The van der Waals surface area contributed by atoms with Crippen molar-refractivity contribution in [1.82, 2.24) is 10.6 Å². The minimum atomic E-state index is 0.444. The molecule has 2 rings (SSSR count). The summed E-state index contributed by atoms with van der Waals surface area (Å²) in [6.07, 6.45) is 0. The molecule has 2 unspecified atom stereocenters. The molecule has 0 spiro atoms. The van der Waals surface area contributed by atoms with Gasteiger partial charge in [-0.3, -0.25) is 0 Å². The number of nitrogens with one attached hydrogen (secondary N) is 2. The van der Waals surface area contributed by atoms with Gasteiger partial charge in [-0.25, -0.2) is 0 Å². The Bertz CT molecular complexity index is 294. The highest BCUT2D eigenvalue weighted by Crippen LogP contribution is 2.01. The molecule has 1 saturated heterocycles. The summed E-state index contributed by atoms with van der Waals surface area (Å²) < 4.78 is 5.69. The molecule has 0 amide bonds. The Labute approximate surface area is 97.2 Å². The Morgan fingerprint density at radius 2 is 2.00 bits per heavy atom. The lowest BCUT2D eigenvalue weighted by atomic mass is 10.2. The Balaban J connectivity index is 1.65. The van der Waals surface area contributed by atoms with Gasteiger partial charge in [0.05, 0.1) is 13.2 Å². The highest BCUT2D eigenvalue weighted by molar-refractivity contribution is 5.13. The molecule has 0 aliphatic carbocycles. The molecule has 88 valence electrons. The fraction of sp³-hybridized carbons (Fsp3) is 0.538. The van der Waals surface area contributed by atoms with Crippen LogP contribution in [-0.4, -0.2) is 31.8 Å². The van der Waals surface area contributed by atoms with Gasteiger partial charge in [0.15, 0.2) is 0 Å². The van der Waals surface area contributed by atoms with Gasteiger partial charge in [0.1, 0.15) is 0 Å². The summed E-state index contributed by atoms with van der Waals surface area (Å²) in [6.45, 7) is 5.69. The quantitative estimate of drug-likeness (QED) is 0.798. The number of hydrogen-bond acceptors (Lipinski definition) is 3. The maximum atomic E-state index is 5.69. The van der Waals surface area contributed by atoms with Crippen LogP contribution in [0.25, 0.3) is 0 Å². The summed E-state index contributed by atoms with van der Waals surface area (Å²) in [4.78, 5) is 0. The molecule has 2 atom stereocenters. The smallest absolute Gasteiger partial charge is 0.0717 e. The monoisotopic (exact) mass is 220 g/mol. The van der Waals surface area contributed by atoms with E-state index in [4.69, 9.17) is 4.74 Å². The van der Waals surface area contributed by atoms with E-state index in [2.05, 4.69) is 29.7 Å². The molecule has 1 fully saturated rings. The highest BCUT2D eigenvalue weighted by atomic mass is 16.5. The first-order valence-electron chi connectivity index (χ1n) is 5.93. The molecule has 1 heterocycles. The minimum absolute atomic E-state index is 0.444. The normalized spacial score (nSPS) is 25.6. The second-order valence-corrected chi connectivity index (χ2v) is 4.42. The summed E-state index contributed by atoms with van der Waals surface area (Å²) >= 11 is 0. The van der Waals surface area contributed by atoms with Crippen LogP contribution in [0.3, 0.4) is 0 Å². The minimum Gasteiger partial charge on any atom is -0.375 e. The summed E-state index contributed by atoms with van der Waals surface area (Å²) in [5, 5.41) is 6.91. The van der Waals surface area contributed by atoms with Crippen LogP contribution in [0.5, 0.6) is 0 Å². The molecule has 16 heavy (non-hydrogen) atoms. The van der Waals surface area contributed by atoms with Crippen molar-refractivity contribution in [1.29, 1.82) is 0 Å². The Hall–Kier alpha value is -0.900. The van der Waals surface area contributed by atoms with Crippen molar-refractivity contribution in [2.24, 2.45) is 0 Å². The first-order valence-corrected chi connectivity index (χ1v) is 5.93. The van der Waals surface area contributed by atoms with E-state index in [0.29, 0.717) is 18.7 Å².